The minimum atomic E-state index is -0.545. The topological polar surface area (TPSA) is 36.7 Å². The van der Waals surface area contributed by atoms with Crippen LogP contribution in [0.2, 0.25) is 5.15 Å². The first kappa shape index (κ1) is 6.97. The third-order valence-electron chi connectivity index (χ3n) is 0.873. The van der Waals surface area contributed by atoms with Crippen molar-refractivity contribution in [1.29, 1.82) is 5.26 Å². The molecule has 0 fully saturated rings. The third-order valence-corrected chi connectivity index (χ3v) is 1.07. The predicted octanol–water partition coefficient (Wildman–Crippen LogP) is 1.75. The molecule has 0 saturated heterocycles. The molecule has 0 amide bonds. The summed E-state index contributed by atoms with van der Waals surface area (Å²) < 4.78 is 12.3. The van der Waals surface area contributed by atoms with E-state index in [1.807, 2.05) is 0 Å². The van der Waals surface area contributed by atoms with Crippen molar-refractivity contribution in [3.05, 3.63) is 28.8 Å². The first-order valence-electron chi connectivity index (χ1n) is 2.45. The highest BCUT2D eigenvalue weighted by Crippen LogP contribution is 2.07. The van der Waals surface area contributed by atoms with E-state index >= 15 is 0 Å². The molecule has 0 atom stereocenters. The molecular weight excluding hydrogens is 155 g/mol. The smallest absolute Gasteiger partial charge is 0.145 e. The van der Waals surface area contributed by atoms with Crippen molar-refractivity contribution in [2.45, 2.75) is 0 Å². The van der Waals surface area contributed by atoms with Crippen molar-refractivity contribution in [1.82, 2.24) is 4.98 Å². The first-order valence-corrected chi connectivity index (χ1v) is 2.83. The molecule has 0 aromatic carbocycles. The largest absolute Gasteiger partial charge is 0.225 e. The van der Waals surface area contributed by atoms with E-state index in [0.29, 0.717) is 0 Å². The van der Waals surface area contributed by atoms with Gasteiger partial charge in [-0.2, -0.15) is 5.26 Å². The third kappa shape index (κ3) is 1.42. The lowest BCUT2D eigenvalue weighted by Gasteiger charge is -1.89. The zero-order chi connectivity index (χ0) is 7.56. The molecule has 1 heterocycles. The monoisotopic (exact) mass is 156 g/mol. The van der Waals surface area contributed by atoms with Gasteiger partial charge < -0.3 is 0 Å². The summed E-state index contributed by atoms with van der Waals surface area (Å²) in [4.78, 5) is 3.52. The molecule has 0 aliphatic heterocycles. The van der Waals surface area contributed by atoms with Crippen LogP contribution in [0, 0.1) is 17.1 Å². The summed E-state index contributed by atoms with van der Waals surface area (Å²) in [5.41, 5.74) is -0.00926. The Morgan fingerprint density at radius 3 is 2.80 bits per heavy atom. The fraction of sp³-hybridized carbons (Fsp3) is 0. The van der Waals surface area contributed by atoms with Crippen molar-refractivity contribution in [2.24, 2.45) is 0 Å². The maximum atomic E-state index is 12.3. The number of nitrogens with zero attached hydrogens (tertiary/aromatic N) is 2. The number of pyridine rings is 1. The van der Waals surface area contributed by atoms with Crippen molar-refractivity contribution in [3.8, 4) is 6.07 Å². The molecule has 0 unspecified atom stereocenters. The highest BCUT2D eigenvalue weighted by molar-refractivity contribution is 6.29. The lowest BCUT2D eigenvalue weighted by atomic mass is 10.4. The van der Waals surface area contributed by atoms with E-state index < -0.39 is 5.82 Å². The minimum Gasteiger partial charge on any atom is -0.225 e. The standard InChI is InChI=1S/C6H2ClFN2/c7-6-2-4(8)1-5(3-9)10-6/h1-2H. The van der Waals surface area contributed by atoms with Crippen LogP contribution in [0.4, 0.5) is 4.39 Å². The summed E-state index contributed by atoms with van der Waals surface area (Å²) in [5.74, 6) is -0.545. The Bertz CT molecular complexity index is 272. The van der Waals surface area contributed by atoms with Gasteiger partial charge in [-0.1, -0.05) is 11.6 Å². The quantitative estimate of drug-likeness (QED) is 0.537. The first-order chi connectivity index (χ1) is 4.72. The highest BCUT2D eigenvalue weighted by Gasteiger charge is 1.97. The lowest BCUT2D eigenvalue weighted by Crippen LogP contribution is -1.84. The van der Waals surface area contributed by atoms with Crippen LogP contribution in [0.3, 0.4) is 0 Å². The Balaban J connectivity index is 3.22. The van der Waals surface area contributed by atoms with Crippen molar-refractivity contribution in [3.63, 3.8) is 0 Å². The van der Waals surface area contributed by atoms with Crippen LogP contribution in [0.25, 0.3) is 0 Å². The van der Waals surface area contributed by atoms with Crippen LogP contribution in [-0.2, 0) is 0 Å². The number of halogens is 2. The average molecular weight is 157 g/mol. The lowest BCUT2D eigenvalue weighted by molar-refractivity contribution is 0.625. The number of hydrogen-bond acceptors (Lipinski definition) is 2. The van der Waals surface area contributed by atoms with Crippen LogP contribution in [0.1, 0.15) is 5.69 Å². The molecule has 1 aromatic rings. The fourth-order valence-corrected chi connectivity index (χ4v) is 0.718. The van der Waals surface area contributed by atoms with Gasteiger partial charge in [0.2, 0.25) is 0 Å². The summed E-state index contributed by atoms with van der Waals surface area (Å²) in [5, 5.41) is 8.25. The number of aromatic nitrogens is 1. The zero-order valence-corrected chi connectivity index (χ0v) is 5.56. The molecule has 0 N–H and O–H groups in total. The predicted molar refractivity (Wildman–Crippen MR) is 33.9 cm³/mol. The van der Waals surface area contributed by atoms with Gasteiger partial charge >= 0.3 is 0 Å². The average Bonchev–Trinajstić information content (AvgIpc) is 1.85. The van der Waals surface area contributed by atoms with Crippen LogP contribution in [-0.4, -0.2) is 4.98 Å². The Hall–Kier alpha value is -1.14. The molecule has 4 heteroatoms. The van der Waals surface area contributed by atoms with Crippen molar-refractivity contribution < 1.29 is 4.39 Å². The molecule has 0 radical (unpaired) electrons. The number of nitriles is 1. The Kier molecular flexibility index (Phi) is 1.83. The maximum Gasteiger partial charge on any atom is 0.145 e. The molecule has 0 spiro atoms. The molecule has 0 aliphatic rings. The fourth-order valence-electron chi connectivity index (χ4n) is 0.523. The molecule has 50 valence electrons. The van der Waals surface area contributed by atoms with Crippen LogP contribution in [0.5, 0.6) is 0 Å². The van der Waals surface area contributed by atoms with Gasteiger partial charge in [0, 0.05) is 12.1 Å². The van der Waals surface area contributed by atoms with Gasteiger partial charge in [0.05, 0.1) is 0 Å². The van der Waals surface area contributed by atoms with Crippen LogP contribution >= 0.6 is 11.6 Å². The summed E-state index contributed by atoms with van der Waals surface area (Å²) in [7, 11) is 0. The van der Waals surface area contributed by atoms with Gasteiger partial charge in [-0.3, -0.25) is 0 Å². The number of rotatable bonds is 0. The van der Waals surface area contributed by atoms with Crippen LogP contribution < -0.4 is 0 Å². The van der Waals surface area contributed by atoms with E-state index in [2.05, 4.69) is 4.98 Å². The van der Waals surface area contributed by atoms with E-state index in [9.17, 15) is 4.39 Å². The molecule has 0 aliphatic carbocycles. The second kappa shape index (κ2) is 2.63. The Labute approximate surface area is 61.9 Å². The molecule has 10 heavy (non-hydrogen) atoms. The van der Waals surface area contributed by atoms with Crippen LogP contribution in [0.15, 0.2) is 12.1 Å². The number of hydrogen-bond donors (Lipinski definition) is 0. The van der Waals surface area contributed by atoms with Gasteiger partial charge in [-0.15, -0.1) is 0 Å². The summed E-state index contributed by atoms with van der Waals surface area (Å²) in [6.45, 7) is 0. The van der Waals surface area contributed by atoms with Gasteiger partial charge in [0.15, 0.2) is 0 Å². The maximum absolute atomic E-state index is 12.3. The minimum absolute atomic E-state index is 0.00319. The van der Waals surface area contributed by atoms with E-state index in [1.165, 1.54) is 0 Å². The summed E-state index contributed by atoms with van der Waals surface area (Å²) in [6, 6.07) is 3.74. The second-order valence-electron chi connectivity index (χ2n) is 1.61. The molecule has 0 saturated carbocycles. The summed E-state index contributed by atoms with van der Waals surface area (Å²) in [6.07, 6.45) is 0. The SMILES string of the molecule is N#Cc1cc(F)cc(Cl)n1. The van der Waals surface area contributed by atoms with Gasteiger partial charge in [-0.05, 0) is 0 Å². The highest BCUT2D eigenvalue weighted by atomic mass is 35.5. The zero-order valence-electron chi connectivity index (χ0n) is 4.81. The Morgan fingerprint density at radius 2 is 2.30 bits per heavy atom. The van der Waals surface area contributed by atoms with Gasteiger partial charge in [0.1, 0.15) is 22.7 Å². The van der Waals surface area contributed by atoms with E-state index in [4.69, 9.17) is 16.9 Å². The molecule has 1 aromatic heterocycles. The summed E-state index contributed by atoms with van der Waals surface area (Å²) >= 11 is 5.33. The normalized spacial score (nSPS) is 8.90. The van der Waals surface area contributed by atoms with E-state index in [0.717, 1.165) is 12.1 Å². The molecule has 1 rings (SSSR count). The Morgan fingerprint density at radius 1 is 1.60 bits per heavy atom. The van der Waals surface area contributed by atoms with Crippen molar-refractivity contribution in [2.75, 3.05) is 0 Å². The van der Waals surface area contributed by atoms with Crippen molar-refractivity contribution >= 4 is 11.6 Å². The van der Waals surface area contributed by atoms with Gasteiger partial charge in [-0.25, -0.2) is 9.37 Å². The molecule has 2 nitrogen and oxygen atoms in total. The second-order valence-corrected chi connectivity index (χ2v) is 1.99. The molecular formula is C6H2ClFN2. The molecule has 0 bridgehead atoms. The van der Waals surface area contributed by atoms with E-state index in [-0.39, 0.29) is 10.8 Å². The van der Waals surface area contributed by atoms with Gasteiger partial charge in [0.25, 0.3) is 0 Å². The van der Waals surface area contributed by atoms with E-state index in [1.54, 1.807) is 6.07 Å².